The van der Waals surface area contributed by atoms with Crippen molar-refractivity contribution in [3.63, 3.8) is 0 Å². The Bertz CT molecular complexity index is 712. The van der Waals surface area contributed by atoms with Crippen molar-refractivity contribution in [2.24, 2.45) is 11.8 Å². The highest BCUT2D eigenvalue weighted by molar-refractivity contribution is 6.74. The first-order valence-corrected chi connectivity index (χ1v) is 14.1. The molecule has 0 amide bonds. The molecule has 1 saturated heterocycles. The zero-order valence-corrected chi connectivity index (χ0v) is 21.6. The Morgan fingerprint density at radius 1 is 1.26 bits per heavy atom. The van der Waals surface area contributed by atoms with E-state index in [9.17, 15) is 5.11 Å². The Labute approximate surface area is 189 Å². The molecule has 0 aromatic heterocycles. The molecule has 2 rings (SSSR count). The summed E-state index contributed by atoms with van der Waals surface area (Å²) in [6.45, 7) is 20.5. The maximum absolute atomic E-state index is 9.99. The summed E-state index contributed by atoms with van der Waals surface area (Å²) < 4.78 is 24.2. The summed E-state index contributed by atoms with van der Waals surface area (Å²) in [5, 5.41) is 10.1. The van der Waals surface area contributed by atoms with Crippen LogP contribution in [0.15, 0.2) is 36.9 Å². The standard InChI is InChI=1S/C25H42O5Si/c1-10-20(15-26)23(30-31(8,9)24(3,4)5)25(6)22(29-25)18(2)16-28-17-19-11-13-21(27-7)14-12-19/h10-14,18,20,22-23,26H,1,15-17H2,2-9H3/t18-,20-,22+,23-,25+/m0/s1. The second kappa shape index (κ2) is 10.2. The molecule has 6 heteroatoms. The predicted octanol–water partition coefficient (Wildman–Crippen LogP) is 5.19. The molecule has 0 saturated carbocycles. The summed E-state index contributed by atoms with van der Waals surface area (Å²) in [4.78, 5) is 0. The van der Waals surface area contributed by atoms with E-state index in [1.54, 1.807) is 13.2 Å². The number of epoxide rings is 1. The number of benzene rings is 1. The zero-order chi connectivity index (χ0) is 23.4. The monoisotopic (exact) mass is 450 g/mol. The van der Waals surface area contributed by atoms with Crippen molar-refractivity contribution in [2.45, 2.75) is 77.2 Å². The quantitative estimate of drug-likeness (QED) is 0.270. The first-order chi connectivity index (χ1) is 14.4. The van der Waals surface area contributed by atoms with Crippen LogP contribution in [0.2, 0.25) is 18.1 Å². The number of ether oxygens (including phenoxy) is 3. The second-order valence-electron chi connectivity index (χ2n) is 10.4. The van der Waals surface area contributed by atoms with Crippen molar-refractivity contribution in [1.82, 2.24) is 0 Å². The van der Waals surface area contributed by atoms with E-state index in [0.29, 0.717) is 13.2 Å². The van der Waals surface area contributed by atoms with Gasteiger partial charge in [-0.25, -0.2) is 0 Å². The highest BCUT2D eigenvalue weighted by Gasteiger charge is 2.62. The zero-order valence-electron chi connectivity index (χ0n) is 20.6. The van der Waals surface area contributed by atoms with Gasteiger partial charge < -0.3 is 23.7 Å². The van der Waals surface area contributed by atoms with E-state index in [4.69, 9.17) is 18.6 Å². The average molecular weight is 451 g/mol. The van der Waals surface area contributed by atoms with Crippen LogP contribution >= 0.6 is 0 Å². The van der Waals surface area contributed by atoms with Crippen LogP contribution in [0.25, 0.3) is 0 Å². The van der Waals surface area contributed by atoms with Crippen LogP contribution in [0, 0.1) is 11.8 Å². The van der Waals surface area contributed by atoms with E-state index in [2.05, 4.69) is 54.3 Å². The van der Waals surface area contributed by atoms with Crippen molar-refractivity contribution in [1.29, 1.82) is 0 Å². The summed E-state index contributed by atoms with van der Waals surface area (Å²) in [7, 11) is -0.393. The Kier molecular flexibility index (Phi) is 8.56. The minimum absolute atomic E-state index is 0.00316. The van der Waals surface area contributed by atoms with Crippen molar-refractivity contribution in [2.75, 3.05) is 20.3 Å². The first-order valence-electron chi connectivity index (χ1n) is 11.2. The van der Waals surface area contributed by atoms with Gasteiger partial charge in [-0.1, -0.05) is 45.9 Å². The molecule has 0 spiro atoms. The lowest BCUT2D eigenvalue weighted by molar-refractivity contribution is 0.0383. The van der Waals surface area contributed by atoms with Crippen LogP contribution in [-0.4, -0.2) is 51.6 Å². The maximum atomic E-state index is 9.99. The van der Waals surface area contributed by atoms with Crippen LogP contribution in [0.5, 0.6) is 5.75 Å². The normalized spacial score (nSPS) is 24.4. The lowest BCUT2D eigenvalue weighted by atomic mass is 9.86. The van der Waals surface area contributed by atoms with Gasteiger partial charge in [0.15, 0.2) is 8.32 Å². The predicted molar refractivity (Wildman–Crippen MR) is 128 cm³/mol. The van der Waals surface area contributed by atoms with Crippen LogP contribution in [-0.2, 0) is 20.5 Å². The third-order valence-electron chi connectivity index (χ3n) is 6.91. The first kappa shape index (κ1) is 26.1. The summed E-state index contributed by atoms with van der Waals surface area (Å²) in [6.07, 6.45) is 1.59. The smallest absolute Gasteiger partial charge is 0.192 e. The lowest BCUT2D eigenvalue weighted by Crippen LogP contribution is -2.51. The van der Waals surface area contributed by atoms with E-state index in [1.807, 2.05) is 24.3 Å². The largest absolute Gasteiger partial charge is 0.497 e. The molecule has 176 valence electrons. The Balaban J connectivity index is 2.01. The highest BCUT2D eigenvalue weighted by Crippen LogP contribution is 2.50. The van der Waals surface area contributed by atoms with Crippen molar-refractivity contribution in [3.8, 4) is 5.75 Å². The molecule has 5 atom stereocenters. The SMILES string of the molecule is C=C[C@@H](CO)[C@H](O[Si](C)(C)C(C)(C)C)[C@]1(C)O[C@@H]1[C@@H](C)COCc1ccc(OC)cc1. The molecule has 0 radical (unpaired) electrons. The fraction of sp³-hybridized carbons (Fsp3) is 0.680. The number of hydrogen-bond acceptors (Lipinski definition) is 5. The molecular formula is C25H42O5Si. The van der Waals surface area contributed by atoms with Crippen LogP contribution in [0.1, 0.15) is 40.2 Å². The van der Waals surface area contributed by atoms with Gasteiger partial charge in [0, 0.05) is 11.8 Å². The van der Waals surface area contributed by atoms with Crippen molar-refractivity contribution >= 4 is 8.32 Å². The van der Waals surface area contributed by atoms with E-state index < -0.39 is 13.9 Å². The molecule has 1 aliphatic heterocycles. The molecule has 31 heavy (non-hydrogen) atoms. The Morgan fingerprint density at radius 3 is 2.35 bits per heavy atom. The molecule has 1 heterocycles. The third-order valence-corrected chi connectivity index (χ3v) is 11.4. The van der Waals surface area contributed by atoms with Crippen molar-refractivity contribution < 1.29 is 23.7 Å². The summed E-state index contributed by atoms with van der Waals surface area (Å²) in [6, 6.07) is 7.91. The van der Waals surface area contributed by atoms with Gasteiger partial charge in [-0.3, -0.25) is 0 Å². The van der Waals surface area contributed by atoms with Gasteiger partial charge in [-0.2, -0.15) is 0 Å². The van der Waals surface area contributed by atoms with Gasteiger partial charge in [0.25, 0.3) is 0 Å². The van der Waals surface area contributed by atoms with Gasteiger partial charge >= 0.3 is 0 Å². The minimum atomic E-state index is -2.06. The summed E-state index contributed by atoms with van der Waals surface area (Å²) >= 11 is 0. The van der Waals surface area contributed by atoms with Gasteiger partial charge in [0.2, 0.25) is 0 Å². The number of rotatable bonds is 12. The summed E-state index contributed by atoms with van der Waals surface area (Å²) in [5.41, 5.74) is 0.651. The average Bonchev–Trinajstić information content (AvgIpc) is 3.40. The summed E-state index contributed by atoms with van der Waals surface area (Å²) in [5.74, 6) is 0.877. The van der Waals surface area contributed by atoms with Crippen LogP contribution in [0.3, 0.4) is 0 Å². The van der Waals surface area contributed by atoms with Crippen LogP contribution < -0.4 is 4.74 Å². The fourth-order valence-electron chi connectivity index (χ4n) is 3.74. The van der Waals surface area contributed by atoms with Gasteiger partial charge in [-0.05, 0) is 42.8 Å². The minimum Gasteiger partial charge on any atom is -0.497 e. The fourth-order valence-corrected chi connectivity index (χ4v) is 5.14. The number of aliphatic hydroxyl groups is 1. The van der Waals surface area contributed by atoms with E-state index >= 15 is 0 Å². The van der Waals surface area contributed by atoms with Crippen molar-refractivity contribution in [3.05, 3.63) is 42.5 Å². The molecule has 1 aromatic carbocycles. The Morgan fingerprint density at radius 2 is 1.87 bits per heavy atom. The molecule has 0 unspecified atom stereocenters. The topological polar surface area (TPSA) is 60.5 Å². The molecule has 0 aliphatic carbocycles. The molecule has 1 aromatic rings. The maximum Gasteiger partial charge on any atom is 0.192 e. The van der Waals surface area contributed by atoms with E-state index in [-0.39, 0.29) is 35.7 Å². The molecule has 1 aliphatic rings. The molecule has 1 fully saturated rings. The highest BCUT2D eigenvalue weighted by atomic mass is 28.4. The van der Waals surface area contributed by atoms with Gasteiger partial charge in [-0.15, -0.1) is 6.58 Å². The number of hydrogen-bond donors (Lipinski definition) is 1. The molecular weight excluding hydrogens is 408 g/mol. The number of methoxy groups -OCH3 is 1. The van der Waals surface area contributed by atoms with Crippen LogP contribution in [0.4, 0.5) is 0 Å². The molecule has 0 bridgehead atoms. The molecule has 1 N–H and O–H groups in total. The Hall–Kier alpha value is -1.18. The number of aliphatic hydroxyl groups excluding tert-OH is 1. The lowest BCUT2D eigenvalue weighted by Gasteiger charge is -2.42. The van der Waals surface area contributed by atoms with Gasteiger partial charge in [0.05, 0.1) is 39.1 Å². The van der Waals surface area contributed by atoms with E-state index in [0.717, 1.165) is 11.3 Å². The van der Waals surface area contributed by atoms with E-state index in [1.165, 1.54) is 0 Å². The van der Waals surface area contributed by atoms with Gasteiger partial charge in [0.1, 0.15) is 11.4 Å². The second-order valence-corrected chi connectivity index (χ2v) is 15.2. The molecule has 5 nitrogen and oxygen atoms in total. The third kappa shape index (κ3) is 6.20.